The molecule has 0 N–H and O–H groups in total. The minimum Gasteiger partial charge on any atom is -0.336 e. The molecule has 1 aliphatic rings. The fraction of sp³-hybridized carbons (Fsp3) is 0.462. The first kappa shape index (κ1) is 14.4. The van der Waals surface area contributed by atoms with Gasteiger partial charge in [0.15, 0.2) is 11.6 Å². The Bertz CT molecular complexity index is 462. The Labute approximate surface area is 119 Å². The van der Waals surface area contributed by atoms with Gasteiger partial charge in [-0.1, -0.05) is 15.9 Å². The third kappa shape index (κ3) is 3.51. The van der Waals surface area contributed by atoms with Crippen LogP contribution in [0.1, 0.15) is 10.4 Å². The molecule has 0 unspecified atom stereocenters. The Balaban J connectivity index is 1.99. The number of carbonyl (C=O) groups excluding carboxylic acids is 1. The van der Waals surface area contributed by atoms with Crippen molar-refractivity contribution in [3.63, 3.8) is 0 Å². The largest absolute Gasteiger partial charge is 0.336 e. The molecule has 1 aromatic carbocycles. The standard InChI is InChI=1S/C13H15BrF2N2O/c14-3-4-17-5-7-18(8-6-17)13(19)10-1-2-11(15)12(16)9-10/h1-2,9H,3-8H2. The number of hydrogen-bond donors (Lipinski definition) is 0. The van der Waals surface area contributed by atoms with Gasteiger partial charge in [-0.05, 0) is 18.2 Å². The minimum absolute atomic E-state index is 0.202. The number of halogens is 3. The van der Waals surface area contributed by atoms with Crippen LogP contribution in [0.2, 0.25) is 0 Å². The maximum absolute atomic E-state index is 13.1. The number of benzene rings is 1. The normalized spacial score (nSPS) is 16.7. The summed E-state index contributed by atoms with van der Waals surface area (Å²) >= 11 is 3.38. The summed E-state index contributed by atoms with van der Waals surface area (Å²) in [6.07, 6.45) is 0. The first-order chi connectivity index (χ1) is 9.11. The van der Waals surface area contributed by atoms with Crippen LogP contribution in [0.5, 0.6) is 0 Å². The van der Waals surface area contributed by atoms with Crippen LogP contribution in [-0.2, 0) is 0 Å². The second-order valence-electron chi connectivity index (χ2n) is 4.45. The number of amides is 1. The van der Waals surface area contributed by atoms with E-state index in [-0.39, 0.29) is 11.5 Å². The number of rotatable bonds is 3. The molecule has 0 aliphatic carbocycles. The summed E-state index contributed by atoms with van der Waals surface area (Å²) in [6.45, 7) is 3.80. The summed E-state index contributed by atoms with van der Waals surface area (Å²) in [6, 6.07) is 3.28. The molecule has 1 heterocycles. The summed E-state index contributed by atoms with van der Waals surface area (Å²) in [5.74, 6) is -2.15. The second-order valence-corrected chi connectivity index (χ2v) is 5.24. The van der Waals surface area contributed by atoms with E-state index < -0.39 is 11.6 Å². The quantitative estimate of drug-likeness (QED) is 0.791. The van der Waals surface area contributed by atoms with E-state index in [1.165, 1.54) is 6.07 Å². The molecule has 104 valence electrons. The van der Waals surface area contributed by atoms with Crippen LogP contribution in [0, 0.1) is 11.6 Å². The van der Waals surface area contributed by atoms with Crippen molar-refractivity contribution >= 4 is 21.8 Å². The van der Waals surface area contributed by atoms with Gasteiger partial charge in [-0.3, -0.25) is 9.69 Å². The van der Waals surface area contributed by atoms with E-state index in [9.17, 15) is 13.6 Å². The summed E-state index contributed by atoms with van der Waals surface area (Å²) in [4.78, 5) is 16.1. The number of carbonyl (C=O) groups is 1. The molecule has 19 heavy (non-hydrogen) atoms. The smallest absolute Gasteiger partial charge is 0.254 e. The monoisotopic (exact) mass is 332 g/mol. The second kappa shape index (κ2) is 6.43. The van der Waals surface area contributed by atoms with E-state index in [2.05, 4.69) is 20.8 Å². The van der Waals surface area contributed by atoms with Crippen LogP contribution in [-0.4, -0.2) is 53.8 Å². The minimum atomic E-state index is -0.983. The molecule has 1 aromatic rings. The molecule has 3 nitrogen and oxygen atoms in total. The molecule has 6 heteroatoms. The highest BCUT2D eigenvalue weighted by Crippen LogP contribution is 2.12. The van der Waals surface area contributed by atoms with Crippen molar-refractivity contribution in [3.8, 4) is 0 Å². The summed E-state index contributed by atoms with van der Waals surface area (Å²) in [5, 5.41) is 0.907. The highest BCUT2D eigenvalue weighted by molar-refractivity contribution is 9.09. The molecule has 0 bridgehead atoms. The molecule has 1 aliphatic heterocycles. The van der Waals surface area contributed by atoms with Gasteiger partial charge in [0.2, 0.25) is 0 Å². The van der Waals surface area contributed by atoms with E-state index in [0.717, 1.165) is 37.1 Å². The molecule has 0 atom stereocenters. The lowest BCUT2D eigenvalue weighted by molar-refractivity contribution is 0.0644. The third-order valence-electron chi connectivity index (χ3n) is 3.23. The molecule has 1 saturated heterocycles. The van der Waals surface area contributed by atoms with Crippen molar-refractivity contribution in [1.82, 2.24) is 9.80 Å². The Morgan fingerprint density at radius 2 is 1.84 bits per heavy atom. The van der Waals surface area contributed by atoms with E-state index in [1.807, 2.05) is 0 Å². The van der Waals surface area contributed by atoms with E-state index >= 15 is 0 Å². The van der Waals surface area contributed by atoms with Gasteiger partial charge < -0.3 is 4.90 Å². The van der Waals surface area contributed by atoms with Crippen molar-refractivity contribution in [2.45, 2.75) is 0 Å². The Morgan fingerprint density at radius 3 is 2.42 bits per heavy atom. The van der Waals surface area contributed by atoms with E-state index in [1.54, 1.807) is 4.90 Å². The van der Waals surface area contributed by atoms with Gasteiger partial charge in [0.1, 0.15) is 0 Å². The van der Waals surface area contributed by atoms with Crippen LogP contribution in [0.3, 0.4) is 0 Å². The SMILES string of the molecule is O=C(c1ccc(F)c(F)c1)N1CCN(CCBr)CC1. The zero-order chi connectivity index (χ0) is 13.8. The lowest BCUT2D eigenvalue weighted by Gasteiger charge is -2.34. The first-order valence-corrected chi connectivity index (χ1v) is 7.26. The summed E-state index contributed by atoms with van der Waals surface area (Å²) in [5.41, 5.74) is 0.202. The Morgan fingerprint density at radius 1 is 1.16 bits per heavy atom. The van der Waals surface area contributed by atoms with Crippen LogP contribution in [0.4, 0.5) is 8.78 Å². The fourth-order valence-corrected chi connectivity index (χ4v) is 2.61. The third-order valence-corrected chi connectivity index (χ3v) is 3.58. The summed E-state index contributed by atoms with van der Waals surface area (Å²) in [7, 11) is 0. The maximum Gasteiger partial charge on any atom is 0.254 e. The highest BCUT2D eigenvalue weighted by atomic mass is 79.9. The number of alkyl halides is 1. The number of nitrogens with zero attached hydrogens (tertiary/aromatic N) is 2. The van der Waals surface area contributed by atoms with Gasteiger partial charge in [0, 0.05) is 43.6 Å². The molecule has 2 rings (SSSR count). The van der Waals surface area contributed by atoms with Gasteiger partial charge in [-0.15, -0.1) is 0 Å². The summed E-state index contributed by atoms with van der Waals surface area (Å²) < 4.78 is 25.9. The molecule has 1 amide bonds. The lowest BCUT2D eigenvalue weighted by Crippen LogP contribution is -2.49. The predicted molar refractivity (Wildman–Crippen MR) is 72.5 cm³/mol. The molecular formula is C13H15BrF2N2O. The Hall–Kier alpha value is -1.01. The fourth-order valence-electron chi connectivity index (χ4n) is 2.11. The van der Waals surface area contributed by atoms with Gasteiger partial charge in [-0.2, -0.15) is 0 Å². The molecular weight excluding hydrogens is 318 g/mol. The van der Waals surface area contributed by atoms with Gasteiger partial charge >= 0.3 is 0 Å². The molecule has 0 spiro atoms. The number of hydrogen-bond acceptors (Lipinski definition) is 2. The van der Waals surface area contributed by atoms with Crippen LogP contribution < -0.4 is 0 Å². The van der Waals surface area contributed by atoms with Crippen molar-refractivity contribution in [3.05, 3.63) is 35.4 Å². The van der Waals surface area contributed by atoms with Crippen LogP contribution in [0.15, 0.2) is 18.2 Å². The zero-order valence-electron chi connectivity index (χ0n) is 10.4. The van der Waals surface area contributed by atoms with Gasteiger partial charge in [-0.25, -0.2) is 8.78 Å². The average Bonchev–Trinajstić information content (AvgIpc) is 2.42. The molecule has 0 aromatic heterocycles. The van der Waals surface area contributed by atoms with Crippen molar-refractivity contribution in [1.29, 1.82) is 0 Å². The van der Waals surface area contributed by atoms with Crippen molar-refractivity contribution in [2.75, 3.05) is 38.1 Å². The Kier molecular flexibility index (Phi) is 4.87. The van der Waals surface area contributed by atoms with Gasteiger partial charge in [0.25, 0.3) is 5.91 Å². The highest BCUT2D eigenvalue weighted by Gasteiger charge is 2.22. The zero-order valence-corrected chi connectivity index (χ0v) is 12.0. The number of piperazine rings is 1. The van der Waals surface area contributed by atoms with E-state index in [0.29, 0.717) is 13.1 Å². The molecule has 1 fully saturated rings. The van der Waals surface area contributed by atoms with Crippen LogP contribution >= 0.6 is 15.9 Å². The van der Waals surface area contributed by atoms with Gasteiger partial charge in [0.05, 0.1) is 0 Å². The topological polar surface area (TPSA) is 23.6 Å². The van der Waals surface area contributed by atoms with Crippen LogP contribution in [0.25, 0.3) is 0 Å². The maximum atomic E-state index is 13.1. The lowest BCUT2D eigenvalue weighted by atomic mass is 10.1. The average molecular weight is 333 g/mol. The van der Waals surface area contributed by atoms with Crippen molar-refractivity contribution in [2.24, 2.45) is 0 Å². The first-order valence-electron chi connectivity index (χ1n) is 6.14. The van der Waals surface area contributed by atoms with E-state index in [4.69, 9.17) is 0 Å². The molecule has 0 saturated carbocycles. The molecule has 0 radical (unpaired) electrons. The predicted octanol–water partition coefficient (Wildman–Crippen LogP) is 2.12. The van der Waals surface area contributed by atoms with Crippen molar-refractivity contribution < 1.29 is 13.6 Å².